The van der Waals surface area contributed by atoms with Gasteiger partial charge in [-0.15, -0.1) is 6.42 Å². The molecule has 0 aliphatic carbocycles. The highest BCUT2D eigenvalue weighted by Gasteiger charge is 2.19. The molecule has 0 aromatic heterocycles. The molecule has 132 valence electrons. The molecular formula is C18H26N2O3S. The van der Waals surface area contributed by atoms with Crippen molar-refractivity contribution in [1.82, 2.24) is 10.2 Å². The number of sulfone groups is 1. The molecule has 1 heterocycles. The van der Waals surface area contributed by atoms with Crippen LogP contribution in [0.3, 0.4) is 0 Å². The zero-order valence-corrected chi connectivity index (χ0v) is 15.0. The molecule has 1 aliphatic rings. The first-order valence-electron chi connectivity index (χ1n) is 8.25. The fourth-order valence-corrected chi connectivity index (χ4v) is 3.41. The van der Waals surface area contributed by atoms with Crippen LogP contribution in [0.5, 0.6) is 5.75 Å². The number of nitrogens with zero attached hydrogens (tertiary/aromatic N) is 1. The number of rotatable bonds is 8. The van der Waals surface area contributed by atoms with Crippen molar-refractivity contribution in [2.24, 2.45) is 0 Å². The SMILES string of the molecule is C#CCOc1ccccc1CNC1CCN(CCS(C)(=O)=O)CC1. The van der Waals surface area contributed by atoms with Crippen LogP contribution >= 0.6 is 0 Å². The molecule has 0 bridgehead atoms. The third-order valence-corrected chi connectivity index (χ3v) is 5.15. The molecule has 1 aromatic rings. The highest BCUT2D eigenvalue weighted by atomic mass is 32.2. The van der Waals surface area contributed by atoms with E-state index in [4.69, 9.17) is 11.2 Å². The third kappa shape index (κ3) is 6.52. The van der Waals surface area contributed by atoms with Crippen LogP contribution < -0.4 is 10.1 Å². The minimum Gasteiger partial charge on any atom is -0.481 e. The molecule has 5 nitrogen and oxygen atoms in total. The second-order valence-electron chi connectivity index (χ2n) is 6.23. The summed E-state index contributed by atoms with van der Waals surface area (Å²) >= 11 is 0. The van der Waals surface area contributed by atoms with Gasteiger partial charge in [0.2, 0.25) is 0 Å². The van der Waals surface area contributed by atoms with E-state index >= 15 is 0 Å². The van der Waals surface area contributed by atoms with E-state index in [-0.39, 0.29) is 12.4 Å². The molecule has 1 N–H and O–H groups in total. The van der Waals surface area contributed by atoms with E-state index in [2.05, 4.69) is 16.1 Å². The summed E-state index contributed by atoms with van der Waals surface area (Å²) < 4.78 is 28.0. The van der Waals surface area contributed by atoms with Crippen LogP contribution in [0.1, 0.15) is 18.4 Å². The maximum Gasteiger partial charge on any atom is 0.148 e. The van der Waals surface area contributed by atoms with Gasteiger partial charge in [0.15, 0.2) is 0 Å². The van der Waals surface area contributed by atoms with Gasteiger partial charge in [-0.2, -0.15) is 0 Å². The molecule has 0 unspecified atom stereocenters. The van der Waals surface area contributed by atoms with Gasteiger partial charge in [-0.1, -0.05) is 24.1 Å². The minimum absolute atomic E-state index is 0.241. The number of terminal acetylenes is 1. The summed E-state index contributed by atoms with van der Waals surface area (Å²) in [6.07, 6.45) is 8.59. The highest BCUT2D eigenvalue weighted by molar-refractivity contribution is 7.90. The van der Waals surface area contributed by atoms with Crippen molar-refractivity contribution in [2.45, 2.75) is 25.4 Å². The van der Waals surface area contributed by atoms with E-state index in [9.17, 15) is 8.42 Å². The molecule has 0 atom stereocenters. The first kappa shape index (κ1) is 18.8. The fraction of sp³-hybridized carbons (Fsp3) is 0.556. The number of para-hydroxylation sites is 1. The summed E-state index contributed by atoms with van der Waals surface area (Å²) in [5.74, 6) is 3.55. The van der Waals surface area contributed by atoms with E-state index in [1.54, 1.807) is 0 Å². The molecule has 1 aromatic carbocycles. The molecule has 0 spiro atoms. The van der Waals surface area contributed by atoms with E-state index in [1.165, 1.54) is 6.26 Å². The standard InChI is InChI=1S/C18H26N2O3S/c1-3-13-23-18-7-5-4-6-16(18)15-19-17-8-10-20(11-9-17)12-14-24(2,21)22/h1,4-7,17,19H,8-15H2,2H3. The lowest BCUT2D eigenvalue weighted by molar-refractivity contribution is 0.206. The number of likely N-dealkylation sites (tertiary alicyclic amines) is 1. The molecule has 1 aliphatic heterocycles. The van der Waals surface area contributed by atoms with Crippen molar-refractivity contribution < 1.29 is 13.2 Å². The lowest BCUT2D eigenvalue weighted by Gasteiger charge is -2.32. The highest BCUT2D eigenvalue weighted by Crippen LogP contribution is 2.19. The molecular weight excluding hydrogens is 324 g/mol. The van der Waals surface area contributed by atoms with Gasteiger partial charge in [0.1, 0.15) is 22.2 Å². The summed E-state index contributed by atoms with van der Waals surface area (Å²) in [6.45, 7) is 3.52. The monoisotopic (exact) mass is 350 g/mol. The van der Waals surface area contributed by atoms with Crippen molar-refractivity contribution in [2.75, 3.05) is 38.2 Å². The molecule has 6 heteroatoms. The maximum atomic E-state index is 11.2. The topological polar surface area (TPSA) is 58.6 Å². The lowest BCUT2D eigenvalue weighted by atomic mass is 10.0. The molecule has 0 amide bonds. The van der Waals surface area contributed by atoms with Gasteiger partial charge in [-0.3, -0.25) is 0 Å². The Hall–Kier alpha value is -1.55. The van der Waals surface area contributed by atoms with Gasteiger partial charge >= 0.3 is 0 Å². The summed E-state index contributed by atoms with van der Waals surface area (Å²) in [5, 5.41) is 3.57. The Morgan fingerprint density at radius 3 is 2.71 bits per heavy atom. The van der Waals surface area contributed by atoms with Gasteiger partial charge in [0, 0.05) is 31.0 Å². The molecule has 1 saturated heterocycles. The van der Waals surface area contributed by atoms with E-state index in [1.807, 2.05) is 24.3 Å². The van der Waals surface area contributed by atoms with E-state index in [0.29, 0.717) is 12.6 Å². The Morgan fingerprint density at radius 1 is 1.33 bits per heavy atom. The summed E-state index contributed by atoms with van der Waals surface area (Å²) in [7, 11) is -2.88. The Balaban J connectivity index is 1.76. The second kappa shape index (κ2) is 9.07. The number of nitrogens with one attached hydrogen (secondary N) is 1. The quantitative estimate of drug-likeness (QED) is 0.716. The van der Waals surface area contributed by atoms with Crippen molar-refractivity contribution in [3.8, 4) is 18.1 Å². The van der Waals surface area contributed by atoms with E-state index < -0.39 is 9.84 Å². The van der Waals surface area contributed by atoms with Crippen LogP contribution in [-0.2, 0) is 16.4 Å². The molecule has 24 heavy (non-hydrogen) atoms. The van der Waals surface area contributed by atoms with Gasteiger partial charge in [-0.25, -0.2) is 8.42 Å². The smallest absolute Gasteiger partial charge is 0.148 e. The summed E-state index contributed by atoms with van der Waals surface area (Å²) in [4.78, 5) is 2.23. The number of hydrogen-bond donors (Lipinski definition) is 1. The molecule has 2 rings (SSSR count). The van der Waals surface area contributed by atoms with Crippen molar-refractivity contribution >= 4 is 9.84 Å². The van der Waals surface area contributed by atoms with Gasteiger partial charge in [-0.05, 0) is 32.0 Å². The van der Waals surface area contributed by atoms with Gasteiger partial charge < -0.3 is 15.0 Å². The zero-order chi connectivity index (χ0) is 17.4. The summed E-state index contributed by atoms with van der Waals surface area (Å²) in [5.41, 5.74) is 1.10. The number of ether oxygens (including phenoxy) is 1. The Morgan fingerprint density at radius 2 is 2.04 bits per heavy atom. The molecule has 0 saturated carbocycles. The zero-order valence-electron chi connectivity index (χ0n) is 14.2. The normalized spacial score (nSPS) is 16.7. The first-order chi connectivity index (χ1) is 11.5. The average Bonchev–Trinajstić information content (AvgIpc) is 2.57. The third-order valence-electron chi connectivity index (χ3n) is 4.23. The maximum absolute atomic E-state index is 11.2. The number of piperidine rings is 1. The van der Waals surface area contributed by atoms with Gasteiger partial charge in [0.25, 0.3) is 0 Å². The van der Waals surface area contributed by atoms with Crippen molar-refractivity contribution in [1.29, 1.82) is 0 Å². The number of hydrogen-bond acceptors (Lipinski definition) is 5. The van der Waals surface area contributed by atoms with Crippen molar-refractivity contribution in [3.05, 3.63) is 29.8 Å². The summed E-state index contributed by atoms with van der Waals surface area (Å²) in [6, 6.07) is 8.35. The van der Waals surface area contributed by atoms with Crippen LogP contribution in [0, 0.1) is 12.3 Å². The molecule has 1 fully saturated rings. The first-order valence-corrected chi connectivity index (χ1v) is 10.3. The van der Waals surface area contributed by atoms with Crippen molar-refractivity contribution in [3.63, 3.8) is 0 Å². The minimum atomic E-state index is -2.88. The van der Waals surface area contributed by atoms with Crippen LogP contribution in [0.2, 0.25) is 0 Å². The Bertz CT molecular complexity index is 659. The van der Waals surface area contributed by atoms with Crippen LogP contribution in [-0.4, -0.2) is 57.6 Å². The average molecular weight is 350 g/mol. The predicted molar refractivity (Wildman–Crippen MR) is 96.8 cm³/mol. The fourth-order valence-electron chi connectivity index (χ4n) is 2.82. The second-order valence-corrected chi connectivity index (χ2v) is 8.49. The van der Waals surface area contributed by atoms with E-state index in [0.717, 1.165) is 43.8 Å². The Kier molecular flexibility index (Phi) is 7.10. The predicted octanol–water partition coefficient (Wildman–Crippen LogP) is 1.30. The molecule has 0 radical (unpaired) electrons. The number of benzene rings is 1. The Labute approximate surface area is 145 Å². The lowest BCUT2D eigenvalue weighted by Crippen LogP contribution is -2.43. The van der Waals surface area contributed by atoms with Crippen LogP contribution in [0.4, 0.5) is 0 Å². The van der Waals surface area contributed by atoms with Gasteiger partial charge in [0.05, 0.1) is 5.75 Å². The largest absolute Gasteiger partial charge is 0.481 e. The van der Waals surface area contributed by atoms with Crippen LogP contribution in [0.25, 0.3) is 0 Å². The van der Waals surface area contributed by atoms with Crippen LogP contribution in [0.15, 0.2) is 24.3 Å².